The molecule has 8 heteroatoms. The highest BCUT2D eigenvalue weighted by atomic mass is 16.6. The largest absolute Gasteiger partial charge is 0.480 e. The number of Topliss-reactive ketones (excluding diaryl/α,β-unsaturated/α-hetero) is 1. The lowest BCUT2D eigenvalue weighted by atomic mass is 9.74. The third kappa shape index (κ3) is 5.13. The Balaban J connectivity index is 1.60. The maximum Gasteiger partial charge on any atom is 0.320 e. The van der Waals surface area contributed by atoms with Gasteiger partial charge in [0.1, 0.15) is 17.7 Å². The van der Waals surface area contributed by atoms with E-state index in [-0.39, 0.29) is 35.3 Å². The average molecular weight is 465 g/mol. The molecule has 5 atom stereocenters. The molecule has 0 bridgehead atoms. The van der Waals surface area contributed by atoms with Gasteiger partial charge in [0.25, 0.3) is 0 Å². The van der Waals surface area contributed by atoms with Crippen LogP contribution in [-0.4, -0.2) is 41.8 Å². The van der Waals surface area contributed by atoms with E-state index in [1.165, 1.54) is 0 Å². The van der Waals surface area contributed by atoms with Gasteiger partial charge in [-0.25, -0.2) is 0 Å². The smallest absolute Gasteiger partial charge is 0.320 e. The number of amidine groups is 1. The number of nitrogen functional groups attached to an aromatic ring is 1. The van der Waals surface area contributed by atoms with Gasteiger partial charge in [0, 0.05) is 35.4 Å². The summed E-state index contributed by atoms with van der Waals surface area (Å²) in [7, 11) is 0. The molecule has 4 rings (SSSR count). The van der Waals surface area contributed by atoms with Crippen molar-refractivity contribution >= 4 is 17.6 Å². The van der Waals surface area contributed by atoms with Gasteiger partial charge in [-0.3, -0.25) is 15.0 Å². The number of carboxylic acid groups (broad SMARTS) is 1. The zero-order chi connectivity index (χ0) is 24.2. The van der Waals surface area contributed by atoms with Crippen molar-refractivity contribution in [2.75, 3.05) is 13.1 Å². The van der Waals surface area contributed by atoms with Crippen LogP contribution in [0.3, 0.4) is 0 Å². The van der Waals surface area contributed by atoms with Gasteiger partial charge in [-0.15, -0.1) is 0 Å². The molecule has 5 unspecified atom stereocenters. The van der Waals surface area contributed by atoms with E-state index in [0.717, 1.165) is 23.3 Å². The topological polar surface area (TPSA) is 138 Å². The summed E-state index contributed by atoms with van der Waals surface area (Å²) in [5.74, 6) is -0.500. The highest BCUT2D eigenvalue weighted by Gasteiger charge is 2.36. The third-order valence-corrected chi connectivity index (χ3v) is 7.18. The Labute approximate surface area is 199 Å². The summed E-state index contributed by atoms with van der Waals surface area (Å²) in [4.78, 5) is 30.9. The van der Waals surface area contributed by atoms with E-state index >= 15 is 0 Å². The van der Waals surface area contributed by atoms with Crippen LogP contribution >= 0.6 is 0 Å². The summed E-state index contributed by atoms with van der Waals surface area (Å²) in [5.41, 5.74) is 11.1. The molecule has 0 spiro atoms. The summed E-state index contributed by atoms with van der Waals surface area (Å²) in [6.07, 6.45) is 1.90. The number of benzene rings is 2. The van der Waals surface area contributed by atoms with E-state index in [4.69, 9.17) is 16.0 Å². The first-order valence-electron chi connectivity index (χ1n) is 11.8. The first-order chi connectivity index (χ1) is 16.3. The van der Waals surface area contributed by atoms with Gasteiger partial charge in [0.05, 0.1) is 0 Å². The van der Waals surface area contributed by atoms with Gasteiger partial charge >= 0.3 is 5.97 Å². The second kappa shape index (κ2) is 10.4. The number of hydroxylamine groups is 1. The van der Waals surface area contributed by atoms with Crippen LogP contribution in [0.2, 0.25) is 0 Å². The van der Waals surface area contributed by atoms with Crippen molar-refractivity contribution in [1.29, 1.82) is 5.41 Å². The Hall–Kier alpha value is -3.23. The van der Waals surface area contributed by atoms with E-state index in [1.54, 1.807) is 6.07 Å². The minimum absolute atomic E-state index is 0.0307. The van der Waals surface area contributed by atoms with Gasteiger partial charge in [0.2, 0.25) is 0 Å². The zero-order valence-electron chi connectivity index (χ0n) is 19.3. The lowest BCUT2D eigenvalue weighted by Gasteiger charge is -2.34. The fourth-order valence-electron chi connectivity index (χ4n) is 5.16. The molecule has 0 aliphatic carbocycles. The Morgan fingerprint density at radius 1 is 1.18 bits per heavy atom. The number of fused-ring (bicyclic) bond motifs is 1. The Morgan fingerprint density at radius 2 is 1.97 bits per heavy atom. The van der Waals surface area contributed by atoms with Crippen molar-refractivity contribution in [3.8, 4) is 5.75 Å². The number of carboxylic acids is 1. The molecule has 8 nitrogen and oxygen atoms in total. The first-order valence-corrected chi connectivity index (χ1v) is 11.8. The Morgan fingerprint density at radius 3 is 2.68 bits per heavy atom. The lowest BCUT2D eigenvalue weighted by Crippen LogP contribution is -2.44. The molecular formula is C26H32N4O4. The van der Waals surface area contributed by atoms with Crippen molar-refractivity contribution in [1.82, 2.24) is 10.8 Å². The number of nitrogens with one attached hydrogen (secondary N) is 3. The van der Waals surface area contributed by atoms with Gasteiger partial charge in [-0.05, 0) is 49.4 Å². The monoisotopic (exact) mass is 464 g/mol. The molecule has 180 valence electrons. The highest BCUT2D eigenvalue weighted by Crippen LogP contribution is 2.39. The van der Waals surface area contributed by atoms with Crippen LogP contribution < -0.4 is 21.4 Å². The van der Waals surface area contributed by atoms with Crippen LogP contribution in [0.4, 0.5) is 0 Å². The number of carbonyl (C=O) groups is 2. The van der Waals surface area contributed by atoms with E-state index in [0.29, 0.717) is 31.5 Å². The fourth-order valence-corrected chi connectivity index (χ4v) is 5.16. The number of para-hydroxylation sites is 1. The maximum absolute atomic E-state index is 14.0. The molecule has 0 radical (unpaired) electrons. The molecule has 0 saturated carbocycles. The van der Waals surface area contributed by atoms with Crippen LogP contribution in [0.25, 0.3) is 0 Å². The number of carbonyl (C=O) groups excluding carboxylic acids is 1. The van der Waals surface area contributed by atoms with Crippen LogP contribution in [0.5, 0.6) is 5.75 Å². The minimum Gasteiger partial charge on any atom is -0.480 e. The number of ketones is 1. The molecule has 1 fully saturated rings. The van der Waals surface area contributed by atoms with Gasteiger partial charge in [-0.1, -0.05) is 43.3 Å². The summed E-state index contributed by atoms with van der Waals surface area (Å²) in [5, 5.41) is 20.2. The molecule has 1 saturated heterocycles. The van der Waals surface area contributed by atoms with Crippen LogP contribution in [0.15, 0.2) is 48.5 Å². The predicted octanol–water partition coefficient (Wildman–Crippen LogP) is 2.78. The number of nitrogens with two attached hydrogens (primary N) is 1. The molecule has 2 aromatic rings. The number of hydrogen-bond donors (Lipinski definition) is 5. The average Bonchev–Trinajstić information content (AvgIpc) is 2.86. The van der Waals surface area contributed by atoms with Crippen molar-refractivity contribution in [3.63, 3.8) is 0 Å². The first kappa shape index (κ1) is 23.9. The predicted molar refractivity (Wildman–Crippen MR) is 129 cm³/mol. The van der Waals surface area contributed by atoms with Gasteiger partial charge in [0.15, 0.2) is 5.75 Å². The van der Waals surface area contributed by atoms with Crippen LogP contribution in [0.1, 0.15) is 54.7 Å². The lowest BCUT2D eigenvalue weighted by molar-refractivity contribution is -0.140. The Kier molecular flexibility index (Phi) is 7.29. The molecule has 0 amide bonds. The van der Waals surface area contributed by atoms with Gasteiger partial charge < -0.3 is 21.0 Å². The summed E-state index contributed by atoms with van der Waals surface area (Å²) in [6.45, 7) is 3.07. The molecule has 6 N–H and O–H groups in total. The van der Waals surface area contributed by atoms with E-state index in [1.807, 2.05) is 49.4 Å². The molecule has 2 aliphatic rings. The summed E-state index contributed by atoms with van der Waals surface area (Å²) >= 11 is 0. The quantitative estimate of drug-likeness (QED) is 0.299. The summed E-state index contributed by atoms with van der Waals surface area (Å²) < 4.78 is 0. The van der Waals surface area contributed by atoms with Crippen molar-refractivity contribution in [3.05, 3.63) is 65.2 Å². The molecule has 0 aromatic heterocycles. The second-order valence-electron chi connectivity index (χ2n) is 9.36. The molecule has 2 aromatic carbocycles. The maximum atomic E-state index is 14.0. The molecule has 2 aliphatic heterocycles. The SMILES string of the molecule is CC(C(=O)C(CC1CCC(C(=O)O)NC1)c1cccc(C(=N)N)c1)C1CNOc2ccccc21. The van der Waals surface area contributed by atoms with Crippen LogP contribution in [-0.2, 0) is 9.59 Å². The van der Waals surface area contributed by atoms with E-state index in [9.17, 15) is 14.7 Å². The van der Waals surface area contributed by atoms with Crippen molar-refractivity contribution in [2.45, 2.75) is 44.1 Å². The zero-order valence-corrected chi connectivity index (χ0v) is 19.3. The number of piperidine rings is 1. The third-order valence-electron chi connectivity index (χ3n) is 7.18. The minimum atomic E-state index is -0.834. The number of hydrogen-bond acceptors (Lipinski definition) is 6. The number of rotatable bonds is 8. The standard InChI is InChI=1S/C26H32N4O4/c1-15(21-14-30-34-23-8-3-2-7-19(21)23)24(31)20(17-5-4-6-18(12-17)25(27)28)11-16-9-10-22(26(32)33)29-13-16/h2-8,12,15-16,20-22,29-30H,9-11,13-14H2,1H3,(H3,27,28)(H,32,33). The number of aliphatic carboxylic acids is 1. The van der Waals surface area contributed by atoms with Gasteiger partial charge in [-0.2, -0.15) is 5.48 Å². The summed E-state index contributed by atoms with van der Waals surface area (Å²) in [6, 6.07) is 14.6. The normalized spacial score (nSPS) is 23.7. The van der Waals surface area contributed by atoms with Crippen molar-refractivity contribution < 1.29 is 19.5 Å². The van der Waals surface area contributed by atoms with E-state index < -0.39 is 12.0 Å². The van der Waals surface area contributed by atoms with Crippen LogP contribution in [0, 0.1) is 17.2 Å². The second-order valence-corrected chi connectivity index (χ2v) is 9.36. The Bertz CT molecular complexity index is 1060. The van der Waals surface area contributed by atoms with E-state index in [2.05, 4.69) is 10.8 Å². The highest BCUT2D eigenvalue weighted by molar-refractivity contribution is 5.96. The molecular weight excluding hydrogens is 432 g/mol. The van der Waals surface area contributed by atoms with Crippen molar-refractivity contribution in [2.24, 2.45) is 17.6 Å². The molecule has 34 heavy (non-hydrogen) atoms. The fraction of sp³-hybridized carbons (Fsp3) is 0.423. The molecule has 2 heterocycles.